The molecule has 5 rings (SSSR count). The second kappa shape index (κ2) is 11.5. The Morgan fingerprint density at radius 3 is 2.79 bits per heavy atom. The molecule has 1 fully saturated rings. The Kier molecular flexibility index (Phi) is 8.07. The highest BCUT2D eigenvalue weighted by Gasteiger charge is 2.44. The maximum absolute atomic E-state index is 13.7. The first kappa shape index (κ1) is 26.7. The minimum absolute atomic E-state index is 0.147. The molecule has 1 aromatic carbocycles. The quantitative estimate of drug-likeness (QED) is 0.293. The molecular formula is C28H26ClFN2O4S2. The number of amides is 1. The van der Waals surface area contributed by atoms with Gasteiger partial charge in [0.1, 0.15) is 11.4 Å². The Balaban J connectivity index is 1.53. The molecular weight excluding hydrogens is 547 g/mol. The van der Waals surface area contributed by atoms with Crippen molar-refractivity contribution in [2.75, 3.05) is 6.61 Å². The first-order chi connectivity index (χ1) is 18.3. The van der Waals surface area contributed by atoms with E-state index in [1.165, 1.54) is 42.4 Å². The minimum atomic E-state index is -1.08. The summed E-state index contributed by atoms with van der Waals surface area (Å²) in [5, 5.41) is 16.9. The maximum Gasteiger partial charge on any atom is 0.307 e. The number of carbonyl (C=O) groups is 2. The summed E-state index contributed by atoms with van der Waals surface area (Å²) in [6.45, 7) is 0.595. The van der Waals surface area contributed by atoms with Crippen molar-refractivity contribution in [1.82, 2.24) is 10.3 Å². The minimum Gasteiger partial charge on any atom is -0.481 e. The first-order valence-electron chi connectivity index (χ1n) is 12.4. The molecule has 1 aliphatic carbocycles. The van der Waals surface area contributed by atoms with Gasteiger partial charge in [0.15, 0.2) is 0 Å². The zero-order valence-electron chi connectivity index (χ0n) is 20.4. The monoisotopic (exact) mass is 572 g/mol. The predicted molar refractivity (Wildman–Crippen MR) is 146 cm³/mol. The molecule has 3 aromatic rings. The number of aliphatic carboxylic acids is 1. The van der Waals surface area contributed by atoms with Crippen LogP contribution in [0.25, 0.3) is 0 Å². The van der Waals surface area contributed by atoms with Crippen LogP contribution in [0.5, 0.6) is 5.88 Å². The Hall–Kier alpha value is -2.88. The van der Waals surface area contributed by atoms with Crippen molar-refractivity contribution in [3.63, 3.8) is 0 Å². The Bertz CT molecular complexity index is 1370. The van der Waals surface area contributed by atoms with Crippen molar-refractivity contribution < 1.29 is 23.8 Å². The Morgan fingerprint density at radius 2 is 2.08 bits per heavy atom. The summed E-state index contributed by atoms with van der Waals surface area (Å²) in [6.07, 6.45) is 4.60. The number of nitrogens with zero attached hydrogens (tertiary/aromatic N) is 1. The summed E-state index contributed by atoms with van der Waals surface area (Å²) in [7, 11) is 0. The van der Waals surface area contributed by atoms with Crippen molar-refractivity contribution in [2.24, 2.45) is 5.92 Å². The van der Waals surface area contributed by atoms with E-state index in [2.05, 4.69) is 5.32 Å². The van der Waals surface area contributed by atoms with Crippen LogP contribution in [-0.2, 0) is 15.1 Å². The number of thioether (sulfide) groups is 1. The van der Waals surface area contributed by atoms with Crippen LogP contribution >= 0.6 is 34.7 Å². The molecule has 2 N–H and O–H groups in total. The first-order valence-corrected chi connectivity index (χ1v) is 14.5. The molecule has 38 heavy (non-hydrogen) atoms. The van der Waals surface area contributed by atoms with E-state index >= 15 is 0 Å². The van der Waals surface area contributed by atoms with Gasteiger partial charge >= 0.3 is 5.97 Å². The standard InChI is InChI=1S/C28H26ClFN2O4S2/c29-21-13-20(30)8-9-22(21)38-26-18(12-25(33)34)14-28(32-27(26)35,19-10-11-37-16-19)23-6-3-7-24(31-23)36-15-17-4-1-2-5-17/h3,6-11,13,16-17H,1-2,4-5,12,14-15H2,(H,32,35)(H,33,34). The smallest absolute Gasteiger partial charge is 0.307 e. The number of thiophene rings is 1. The fraction of sp³-hybridized carbons (Fsp3) is 0.321. The van der Waals surface area contributed by atoms with Crippen LogP contribution in [0.3, 0.4) is 0 Å². The molecule has 0 bridgehead atoms. The van der Waals surface area contributed by atoms with Gasteiger partial charge in [-0.3, -0.25) is 9.59 Å². The van der Waals surface area contributed by atoms with Gasteiger partial charge in [-0.05, 0) is 71.0 Å². The summed E-state index contributed by atoms with van der Waals surface area (Å²) in [4.78, 5) is 31.1. The van der Waals surface area contributed by atoms with Crippen molar-refractivity contribution in [1.29, 1.82) is 0 Å². The number of carbonyl (C=O) groups excluding carboxylic acids is 1. The molecule has 1 amide bonds. The molecule has 0 saturated heterocycles. The Morgan fingerprint density at radius 1 is 1.26 bits per heavy atom. The lowest BCUT2D eigenvalue weighted by molar-refractivity contribution is -0.136. The molecule has 2 aliphatic rings. The average Bonchev–Trinajstić information content (AvgIpc) is 3.61. The van der Waals surface area contributed by atoms with Crippen LogP contribution < -0.4 is 10.1 Å². The summed E-state index contributed by atoms with van der Waals surface area (Å²) in [5.74, 6) is -1.00. The zero-order valence-corrected chi connectivity index (χ0v) is 22.8. The molecule has 198 valence electrons. The average molecular weight is 573 g/mol. The van der Waals surface area contributed by atoms with E-state index < -0.39 is 23.2 Å². The zero-order chi connectivity index (χ0) is 26.7. The summed E-state index contributed by atoms with van der Waals surface area (Å²) in [5.41, 5.74) is 0.741. The van der Waals surface area contributed by atoms with E-state index in [0.29, 0.717) is 34.6 Å². The van der Waals surface area contributed by atoms with Crippen LogP contribution in [0, 0.1) is 11.7 Å². The van der Waals surface area contributed by atoms with Crippen LogP contribution in [0.2, 0.25) is 5.02 Å². The molecule has 1 unspecified atom stereocenters. The van der Waals surface area contributed by atoms with Crippen LogP contribution in [-0.4, -0.2) is 28.6 Å². The van der Waals surface area contributed by atoms with Crippen molar-refractivity contribution in [2.45, 2.75) is 49.0 Å². The van der Waals surface area contributed by atoms with Gasteiger partial charge in [0.05, 0.1) is 28.6 Å². The van der Waals surface area contributed by atoms with E-state index in [0.717, 1.165) is 30.2 Å². The third-order valence-electron chi connectivity index (χ3n) is 6.92. The number of halogens is 2. The number of benzene rings is 1. The van der Waals surface area contributed by atoms with Crippen molar-refractivity contribution >= 4 is 46.6 Å². The van der Waals surface area contributed by atoms with Crippen molar-refractivity contribution in [3.8, 4) is 5.88 Å². The number of aromatic nitrogens is 1. The summed E-state index contributed by atoms with van der Waals surface area (Å²) < 4.78 is 19.6. The molecule has 0 spiro atoms. The highest BCUT2D eigenvalue weighted by molar-refractivity contribution is 8.04. The number of hydrogen-bond donors (Lipinski definition) is 2. The van der Waals surface area contributed by atoms with E-state index in [4.69, 9.17) is 21.3 Å². The molecule has 3 heterocycles. The van der Waals surface area contributed by atoms with Crippen LogP contribution in [0.1, 0.15) is 49.8 Å². The molecule has 0 radical (unpaired) electrons. The number of carboxylic acid groups (broad SMARTS) is 1. The number of pyridine rings is 1. The molecule has 6 nitrogen and oxygen atoms in total. The van der Waals surface area contributed by atoms with E-state index in [-0.39, 0.29) is 22.8 Å². The van der Waals surface area contributed by atoms with E-state index in [1.807, 2.05) is 29.0 Å². The molecule has 1 aliphatic heterocycles. The third kappa shape index (κ3) is 5.75. The van der Waals surface area contributed by atoms with Gasteiger partial charge in [-0.1, -0.05) is 42.3 Å². The molecule has 2 aromatic heterocycles. The lowest BCUT2D eigenvalue weighted by Gasteiger charge is -2.39. The van der Waals surface area contributed by atoms with Gasteiger partial charge in [0.2, 0.25) is 5.88 Å². The Labute approximate surface area is 233 Å². The summed E-state index contributed by atoms with van der Waals surface area (Å²) >= 11 is 8.74. The topological polar surface area (TPSA) is 88.5 Å². The number of nitrogens with one attached hydrogen (secondary N) is 1. The number of rotatable bonds is 9. The van der Waals surface area contributed by atoms with Crippen LogP contribution in [0.15, 0.2) is 68.6 Å². The largest absolute Gasteiger partial charge is 0.481 e. The molecule has 10 heteroatoms. The van der Waals surface area contributed by atoms with Gasteiger partial charge in [0, 0.05) is 17.4 Å². The normalized spacial score (nSPS) is 20.0. The van der Waals surface area contributed by atoms with E-state index in [9.17, 15) is 19.1 Å². The lowest BCUT2D eigenvalue weighted by Crippen LogP contribution is -2.51. The van der Waals surface area contributed by atoms with Gasteiger partial charge < -0.3 is 15.2 Å². The summed E-state index contributed by atoms with van der Waals surface area (Å²) in [6, 6.07) is 11.3. The molecule has 1 saturated carbocycles. The second-order valence-electron chi connectivity index (χ2n) is 9.55. The maximum atomic E-state index is 13.7. The van der Waals surface area contributed by atoms with E-state index in [1.54, 1.807) is 6.07 Å². The fourth-order valence-corrected chi connectivity index (χ4v) is 7.02. The predicted octanol–water partition coefficient (Wildman–Crippen LogP) is 6.79. The van der Waals surface area contributed by atoms with Gasteiger partial charge in [-0.25, -0.2) is 9.37 Å². The van der Waals surface area contributed by atoms with Crippen LogP contribution in [0.4, 0.5) is 4.39 Å². The number of hydrogen-bond acceptors (Lipinski definition) is 6. The van der Waals surface area contributed by atoms with Crippen molar-refractivity contribution in [3.05, 3.63) is 85.8 Å². The highest BCUT2D eigenvalue weighted by Crippen LogP contribution is 2.45. The van der Waals surface area contributed by atoms with Gasteiger partial charge in [0.25, 0.3) is 5.91 Å². The SMILES string of the molecule is O=C(O)CC1=C(Sc2ccc(F)cc2Cl)C(=O)NC(c2ccsc2)(c2cccc(OCC3CCCC3)n2)C1. The third-order valence-corrected chi connectivity index (χ3v) is 9.28. The number of ether oxygens (including phenoxy) is 1. The highest BCUT2D eigenvalue weighted by atomic mass is 35.5. The number of carboxylic acids is 1. The van der Waals surface area contributed by atoms with Gasteiger partial charge in [-0.15, -0.1) is 0 Å². The lowest BCUT2D eigenvalue weighted by atomic mass is 9.78. The second-order valence-corrected chi connectivity index (χ2v) is 11.8. The van der Waals surface area contributed by atoms with Gasteiger partial charge in [-0.2, -0.15) is 11.3 Å². The molecule has 1 atom stereocenters. The fourth-order valence-electron chi connectivity index (χ4n) is 5.06.